The van der Waals surface area contributed by atoms with Crippen LogP contribution in [0.25, 0.3) is 33.6 Å². The monoisotopic (exact) mass is 562 g/mol. The number of amides is 1. The normalized spacial score (nSPS) is 14.8. The van der Waals surface area contributed by atoms with E-state index >= 15 is 0 Å². The number of pyridine rings is 2. The average molecular weight is 563 g/mol. The lowest BCUT2D eigenvalue weighted by atomic mass is 9.98. The highest BCUT2D eigenvalue weighted by atomic mass is 35.5. The molecule has 4 aromatic rings. The van der Waals surface area contributed by atoms with Crippen molar-refractivity contribution >= 4 is 29.1 Å². The molecule has 1 atom stereocenters. The van der Waals surface area contributed by atoms with Gasteiger partial charge in [0, 0.05) is 59.4 Å². The van der Waals surface area contributed by atoms with E-state index in [0.717, 1.165) is 34.2 Å². The maximum Gasteiger partial charge on any atom is 0.220 e. The summed E-state index contributed by atoms with van der Waals surface area (Å²) in [6.45, 7) is 1.26. The number of aromatic nitrogens is 2. The fourth-order valence-electron chi connectivity index (χ4n) is 4.70. The fourth-order valence-corrected chi connectivity index (χ4v) is 5.35. The SMILES string of the molecule is COc1cccc(-c2cccc(-c3cccc(-c4ccc(CNC[C@H]5CCC(=O)N5)c(OC)n4)c3Cl)c2Cl)n1. The van der Waals surface area contributed by atoms with Gasteiger partial charge in [-0.1, -0.05) is 71.7 Å². The van der Waals surface area contributed by atoms with Gasteiger partial charge in [0.25, 0.3) is 0 Å². The van der Waals surface area contributed by atoms with E-state index in [1.54, 1.807) is 20.3 Å². The van der Waals surface area contributed by atoms with E-state index in [1.165, 1.54) is 0 Å². The maximum absolute atomic E-state index is 11.4. The zero-order valence-electron chi connectivity index (χ0n) is 21.6. The molecule has 0 aliphatic carbocycles. The number of carbonyl (C=O) groups excluding carboxylic acids is 1. The number of nitrogens with zero attached hydrogens (tertiary/aromatic N) is 2. The largest absolute Gasteiger partial charge is 0.481 e. The summed E-state index contributed by atoms with van der Waals surface area (Å²) in [4.78, 5) is 20.7. The van der Waals surface area contributed by atoms with Crippen molar-refractivity contribution in [2.75, 3.05) is 20.8 Å². The summed E-state index contributed by atoms with van der Waals surface area (Å²) in [5.74, 6) is 1.13. The molecule has 2 N–H and O–H groups in total. The lowest BCUT2D eigenvalue weighted by Gasteiger charge is -2.15. The molecule has 200 valence electrons. The molecule has 1 aliphatic rings. The van der Waals surface area contributed by atoms with Gasteiger partial charge in [-0.15, -0.1) is 0 Å². The second-order valence-electron chi connectivity index (χ2n) is 9.20. The highest BCUT2D eigenvalue weighted by molar-refractivity contribution is 6.39. The smallest absolute Gasteiger partial charge is 0.220 e. The van der Waals surface area contributed by atoms with Crippen molar-refractivity contribution in [1.29, 1.82) is 0 Å². The number of carbonyl (C=O) groups is 1. The van der Waals surface area contributed by atoms with E-state index < -0.39 is 0 Å². The van der Waals surface area contributed by atoms with Crippen molar-refractivity contribution in [1.82, 2.24) is 20.6 Å². The number of benzene rings is 2. The highest BCUT2D eigenvalue weighted by Gasteiger charge is 2.21. The topological polar surface area (TPSA) is 85.4 Å². The molecule has 0 spiro atoms. The average Bonchev–Trinajstić information content (AvgIpc) is 3.38. The molecule has 2 aromatic carbocycles. The predicted molar refractivity (Wildman–Crippen MR) is 154 cm³/mol. The lowest BCUT2D eigenvalue weighted by molar-refractivity contribution is -0.119. The molecular weight excluding hydrogens is 535 g/mol. The van der Waals surface area contributed by atoms with Gasteiger partial charge in [0.2, 0.25) is 17.7 Å². The van der Waals surface area contributed by atoms with Crippen LogP contribution in [0.2, 0.25) is 10.0 Å². The van der Waals surface area contributed by atoms with Crippen molar-refractivity contribution < 1.29 is 14.3 Å². The zero-order chi connectivity index (χ0) is 27.4. The van der Waals surface area contributed by atoms with Crippen LogP contribution in [0.15, 0.2) is 66.7 Å². The third kappa shape index (κ3) is 5.86. The van der Waals surface area contributed by atoms with E-state index in [1.807, 2.05) is 60.7 Å². The van der Waals surface area contributed by atoms with Gasteiger partial charge in [0.1, 0.15) is 0 Å². The number of nitrogens with one attached hydrogen (secondary N) is 2. The van der Waals surface area contributed by atoms with Gasteiger partial charge < -0.3 is 20.1 Å². The Morgan fingerprint density at radius 1 is 0.846 bits per heavy atom. The summed E-state index contributed by atoms with van der Waals surface area (Å²) < 4.78 is 10.9. The molecule has 39 heavy (non-hydrogen) atoms. The molecule has 1 aliphatic heterocycles. The molecule has 1 amide bonds. The Labute approximate surface area is 237 Å². The Kier molecular flexibility index (Phi) is 8.31. The summed E-state index contributed by atoms with van der Waals surface area (Å²) in [5, 5.41) is 7.43. The summed E-state index contributed by atoms with van der Waals surface area (Å²) in [5.41, 5.74) is 5.43. The molecule has 0 bridgehead atoms. The second kappa shape index (κ2) is 12.0. The minimum absolute atomic E-state index is 0.106. The fraction of sp³-hybridized carbons (Fsp3) is 0.233. The van der Waals surface area contributed by atoms with Crippen LogP contribution in [-0.2, 0) is 11.3 Å². The van der Waals surface area contributed by atoms with Gasteiger partial charge in [0.15, 0.2) is 0 Å². The van der Waals surface area contributed by atoms with Crippen LogP contribution in [0, 0.1) is 0 Å². The number of methoxy groups -OCH3 is 2. The molecule has 0 unspecified atom stereocenters. The first-order valence-electron chi connectivity index (χ1n) is 12.6. The molecule has 5 rings (SSSR count). The van der Waals surface area contributed by atoms with Crippen LogP contribution >= 0.6 is 23.2 Å². The number of hydrogen-bond acceptors (Lipinski definition) is 6. The van der Waals surface area contributed by atoms with Gasteiger partial charge in [-0.3, -0.25) is 4.79 Å². The lowest BCUT2D eigenvalue weighted by Crippen LogP contribution is -2.35. The maximum atomic E-state index is 11.4. The molecule has 7 nitrogen and oxygen atoms in total. The first-order valence-corrected chi connectivity index (χ1v) is 13.4. The molecular formula is C30H28Cl2N4O3. The van der Waals surface area contributed by atoms with E-state index in [4.69, 9.17) is 37.7 Å². The van der Waals surface area contributed by atoms with Crippen LogP contribution in [0.1, 0.15) is 18.4 Å². The molecule has 0 saturated carbocycles. The van der Waals surface area contributed by atoms with Gasteiger partial charge in [-0.05, 0) is 18.6 Å². The van der Waals surface area contributed by atoms with Crippen molar-refractivity contribution in [2.45, 2.75) is 25.4 Å². The van der Waals surface area contributed by atoms with Crippen molar-refractivity contribution in [2.24, 2.45) is 0 Å². The minimum atomic E-state index is 0.106. The van der Waals surface area contributed by atoms with Gasteiger partial charge in [0.05, 0.1) is 35.7 Å². The van der Waals surface area contributed by atoms with E-state index in [0.29, 0.717) is 52.7 Å². The molecule has 1 fully saturated rings. The van der Waals surface area contributed by atoms with Crippen LogP contribution in [0.5, 0.6) is 11.8 Å². The molecule has 1 saturated heterocycles. The Bertz CT molecular complexity index is 1510. The van der Waals surface area contributed by atoms with E-state index in [9.17, 15) is 4.79 Å². The minimum Gasteiger partial charge on any atom is -0.481 e. The second-order valence-corrected chi connectivity index (χ2v) is 9.95. The Morgan fingerprint density at radius 2 is 1.49 bits per heavy atom. The summed E-state index contributed by atoms with van der Waals surface area (Å²) in [6.07, 6.45) is 1.43. The first kappa shape index (κ1) is 26.9. The van der Waals surface area contributed by atoms with E-state index in [2.05, 4.69) is 15.6 Å². The third-order valence-electron chi connectivity index (χ3n) is 6.70. The van der Waals surface area contributed by atoms with Crippen LogP contribution in [-0.4, -0.2) is 42.7 Å². The standard InChI is InChI=1S/C30H28Cl2N4O3/c1-38-27-11-5-10-24(35-27)22-8-3-6-20(28(22)31)21-7-4-9-23(29(21)32)25-14-12-18(30(36-25)39-2)16-33-17-19-13-15-26(37)34-19/h3-12,14,19,33H,13,15-17H2,1-2H3,(H,34,37)/t19-/m1/s1. The van der Waals surface area contributed by atoms with Crippen molar-refractivity contribution in [3.05, 3.63) is 82.3 Å². The first-order chi connectivity index (χ1) is 19.0. The zero-order valence-corrected chi connectivity index (χ0v) is 23.1. The number of hydrogen-bond donors (Lipinski definition) is 2. The number of halogens is 2. The van der Waals surface area contributed by atoms with Crippen LogP contribution in [0.3, 0.4) is 0 Å². The Morgan fingerprint density at radius 3 is 2.10 bits per heavy atom. The van der Waals surface area contributed by atoms with Gasteiger partial charge in [-0.25, -0.2) is 9.97 Å². The molecule has 0 radical (unpaired) electrons. The summed E-state index contributed by atoms with van der Waals surface area (Å²) >= 11 is 13.9. The van der Waals surface area contributed by atoms with Crippen LogP contribution < -0.4 is 20.1 Å². The predicted octanol–water partition coefficient (Wildman–Crippen LogP) is 6.17. The third-order valence-corrected chi connectivity index (χ3v) is 7.51. The molecule has 2 aromatic heterocycles. The van der Waals surface area contributed by atoms with Crippen molar-refractivity contribution in [3.63, 3.8) is 0 Å². The Balaban J connectivity index is 1.42. The summed E-state index contributed by atoms with van der Waals surface area (Å²) in [7, 11) is 3.18. The molecule has 3 heterocycles. The molecule has 9 heteroatoms. The quantitative estimate of drug-likeness (QED) is 0.254. The van der Waals surface area contributed by atoms with Crippen LogP contribution in [0.4, 0.5) is 0 Å². The number of rotatable bonds is 9. The summed E-state index contributed by atoms with van der Waals surface area (Å²) in [6, 6.07) is 21.2. The van der Waals surface area contributed by atoms with Gasteiger partial charge in [-0.2, -0.15) is 0 Å². The van der Waals surface area contributed by atoms with Crippen molar-refractivity contribution in [3.8, 4) is 45.4 Å². The van der Waals surface area contributed by atoms with Gasteiger partial charge >= 0.3 is 0 Å². The van der Waals surface area contributed by atoms with E-state index in [-0.39, 0.29) is 11.9 Å². The Hall–Kier alpha value is -3.65. The number of ether oxygens (including phenoxy) is 2. The highest BCUT2D eigenvalue weighted by Crippen LogP contribution is 2.42.